The van der Waals surface area contributed by atoms with Crippen molar-refractivity contribution in [3.05, 3.63) is 46.0 Å². The lowest BCUT2D eigenvalue weighted by atomic mass is 9.77. The molecule has 138 valence electrons. The van der Waals surface area contributed by atoms with Gasteiger partial charge in [-0.1, -0.05) is 0 Å². The zero-order valence-electron chi connectivity index (χ0n) is 14.4. The zero-order valence-corrected chi connectivity index (χ0v) is 14.4. The number of hydrogen-bond acceptors (Lipinski definition) is 7. The van der Waals surface area contributed by atoms with E-state index in [0.29, 0.717) is 24.2 Å². The molecular formula is C20H16O7. The van der Waals surface area contributed by atoms with Crippen molar-refractivity contribution in [3.63, 3.8) is 0 Å². The molecule has 0 aromatic heterocycles. The van der Waals surface area contributed by atoms with Crippen LogP contribution in [0, 0.1) is 0 Å². The van der Waals surface area contributed by atoms with Gasteiger partial charge >= 0.3 is 0 Å². The second-order valence-electron chi connectivity index (χ2n) is 7.35. The monoisotopic (exact) mass is 368 g/mol. The molecule has 1 aliphatic carbocycles. The smallest absolute Gasteiger partial charge is 0.201 e. The highest BCUT2D eigenvalue weighted by molar-refractivity contribution is 6.30. The Morgan fingerprint density at radius 1 is 1.04 bits per heavy atom. The molecular weight excluding hydrogens is 352 g/mol. The van der Waals surface area contributed by atoms with Crippen LogP contribution < -0.4 is 4.74 Å². The van der Waals surface area contributed by atoms with Gasteiger partial charge in [-0.2, -0.15) is 0 Å². The van der Waals surface area contributed by atoms with Gasteiger partial charge in [0.1, 0.15) is 28.6 Å². The quantitative estimate of drug-likeness (QED) is 0.559. The van der Waals surface area contributed by atoms with E-state index in [1.54, 1.807) is 0 Å². The highest BCUT2D eigenvalue weighted by atomic mass is 16.7. The van der Waals surface area contributed by atoms with Gasteiger partial charge in [0.05, 0.1) is 16.7 Å². The van der Waals surface area contributed by atoms with E-state index in [4.69, 9.17) is 9.47 Å². The van der Waals surface area contributed by atoms with Gasteiger partial charge in [0.2, 0.25) is 12.1 Å². The fourth-order valence-corrected chi connectivity index (χ4v) is 4.38. The first-order chi connectivity index (χ1) is 12.8. The lowest BCUT2D eigenvalue weighted by Crippen LogP contribution is -2.43. The summed E-state index contributed by atoms with van der Waals surface area (Å²) < 4.78 is 11.7. The number of hydrogen-bond donors (Lipinski definition) is 3. The summed E-state index contributed by atoms with van der Waals surface area (Å²) in [6.07, 6.45) is 1.71. The Morgan fingerprint density at radius 2 is 1.78 bits per heavy atom. The first-order valence-electron chi connectivity index (χ1n) is 8.70. The van der Waals surface area contributed by atoms with E-state index in [0.717, 1.165) is 18.6 Å². The van der Waals surface area contributed by atoms with Gasteiger partial charge in [0, 0.05) is 23.6 Å². The van der Waals surface area contributed by atoms with Crippen molar-refractivity contribution in [2.24, 2.45) is 0 Å². The summed E-state index contributed by atoms with van der Waals surface area (Å²) in [4.78, 5) is 26.0. The number of ketones is 2. The van der Waals surface area contributed by atoms with Gasteiger partial charge < -0.3 is 24.8 Å². The molecule has 27 heavy (non-hydrogen) atoms. The maximum Gasteiger partial charge on any atom is 0.201 e. The highest BCUT2D eigenvalue weighted by Gasteiger charge is 2.47. The lowest BCUT2D eigenvalue weighted by Gasteiger charge is -2.44. The lowest BCUT2D eigenvalue weighted by molar-refractivity contribution is -0.217. The SMILES string of the molecule is CC12CCCC(Oc3cc4c(c(O)c31)C(=O)c1c(O)cc(O)cc1C4=O)O2. The van der Waals surface area contributed by atoms with Crippen molar-refractivity contribution in [3.8, 4) is 23.0 Å². The van der Waals surface area contributed by atoms with Crippen molar-refractivity contribution < 1.29 is 34.4 Å². The number of carbonyl (C=O) groups excluding carboxylic acids is 2. The molecule has 5 rings (SSSR count). The number of phenolic OH excluding ortho intramolecular Hbond substituents is 3. The van der Waals surface area contributed by atoms with Crippen LogP contribution in [0.5, 0.6) is 23.0 Å². The van der Waals surface area contributed by atoms with Crippen LogP contribution in [-0.4, -0.2) is 33.2 Å². The number of fused-ring (bicyclic) bond motifs is 6. The van der Waals surface area contributed by atoms with Crippen LogP contribution in [0.25, 0.3) is 0 Å². The second-order valence-corrected chi connectivity index (χ2v) is 7.35. The number of benzene rings is 2. The fraction of sp³-hybridized carbons (Fsp3) is 0.300. The number of ether oxygens (including phenoxy) is 2. The number of aromatic hydroxyl groups is 3. The molecule has 0 saturated carbocycles. The Labute approximate surface area is 153 Å². The molecule has 1 saturated heterocycles. The molecule has 0 spiro atoms. The second kappa shape index (κ2) is 5.01. The maximum atomic E-state index is 13.0. The van der Waals surface area contributed by atoms with Crippen LogP contribution in [-0.2, 0) is 10.3 Å². The summed E-state index contributed by atoms with van der Waals surface area (Å²) in [5.74, 6) is -2.14. The number of phenols is 3. The van der Waals surface area contributed by atoms with Gasteiger partial charge in [0.25, 0.3) is 0 Å². The van der Waals surface area contributed by atoms with Crippen LogP contribution in [0.3, 0.4) is 0 Å². The van der Waals surface area contributed by atoms with E-state index in [1.165, 1.54) is 6.07 Å². The molecule has 2 aliphatic heterocycles. The van der Waals surface area contributed by atoms with Crippen LogP contribution in [0.15, 0.2) is 18.2 Å². The van der Waals surface area contributed by atoms with Gasteiger partial charge in [-0.15, -0.1) is 0 Å². The summed E-state index contributed by atoms with van der Waals surface area (Å²) in [6, 6.07) is 3.58. The number of rotatable bonds is 0. The van der Waals surface area contributed by atoms with Gasteiger partial charge in [0.15, 0.2) is 5.78 Å². The molecule has 2 bridgehead atoms. The molecule has 3 aliphatic rings. The van der Waals surface area contributed by atoms with Crippen molar-refractivity contribution >= 4 is 11.6 Å². The normalized spacial score (nSPS) is 25.3. The predicted octanol–water partition coefficient (Wildman–Crippen LogP) is 2.71. The highest BCUT2D eigenvalue weighted by Crippen LogP contribution is 2.53. The molecule has 2 atom stereocenters. The van der Waals surface area contributed by atoms with Crippen molar-refractivity contribution in [1.82, 2.24) is 0 Å². The number of carbonyl (C=O) groups is 2. The van der Waals surface area contributed by atoms with E-state index >= 15 is 0 Å². The summed E-state index contributed by atoms with van der Waals surface area (Å²) in [7, 11) is 0. The summed E-state index contributed by atoms with van der Waals surface area (Å²) in [6.45, 7) is 1.82. The molecule has 0 amide bonds. The average Bonchev–Trinajstić information content (AvgIpc) is 2.57. The summed E-state index contributed by atoms with van der Waals surface area (Å²) >= 11 is 0. The minimum atomic E-state index is -0.823. The first kappa shape index (κ1) is 16.1. The fourth-order valence-electron chi connectivity index (χ4n) is 4.38. The Balaban J connectivity index is 1.80. The third kappa shape index (κ3) is 2.00. The van der Waals surface area contributed by atoms with Crippen LogP contribution in [0.2, 0.25) is 0 Å². The molecule has 3 N–H and O–H groups in total. The Morgan fingerprint density at radius 3 is 2.56 bits per heavy atom. The van der Waals surface area contributed by atoms with E-state index in [-0.39, 0.29) is 33.8 Å². The standard InChI is InChI=1S/C20H16O7/c1-20-4-2-3-13(27-20)26-12-7-10-15(19(25)16(12)20)18(24)14-9(17(10)23)5-8(21)6-11(14)22/h5-7,13,21-22,25H,2-4H2,1H3. The maximum absolute atomic E-state index is 13.0. The third-order valence-electron chi connectivity index (χ3n) is 5.58. The van der Waals surface area contributed by atoms with E-state index in [9.17, 15) is 24.9 Å². The Kier molecular flexibility index (Phi) is 3.00. The van der Waals surface area contributed by atoms with Gasteiger partial charge in [-0.05, 0) is 31.9 Å². The van der Waals surface area contributed by atoms with Crippen molar-refractivity contribution in [2.45, 2.75) is 38.1 Å². The Hall–Kier alpha value is -3.06. The van der Waals surface area contributed by atoms with E-state index in [1.807, 2.05) is 6.92 Å². The summed E-state index contributed by atoms with van der Waals surface area (Å²) in [5, 5.41) is 30.8. The van der Waals surface area contributed by atoms with Crippen LogP contribution in [0.1, 0.15) is 63.6 Å². The summed E-state index contributed by atoms with van der Waals surface area (Å²) in [5.41, 5.74) is -1.01. The minimum Gasteiger partial charge on any atom is -0.508 e. The molecule has 2 aromatic rings. The molecule has 2 unspecified atom stereocenters. The zero-order chi connectivity index (χ0) is 19.1. The van der Waals surface area contributed by atoms with Crippen LogP contribution in [0.4, 0.5) is 0 Å². The van der Waals surface area contributed by atoms with Gasteiger partial charge in [-0.3, -0.25) is 9.59 Å². The van der Waals surface area contributed by atoms with Crippen molar-refractivity contribution in [1.29, 1.82) is 0 Å². The largest absolute Gasteiger partial charge is 0.508 e. The van der Waals surface area contributed by atoms with E-state index < -0.39 is 29.2 Å². The molecule has 7 nitrogen and oxygen atoms in total. The molecule has 1 fully saturated rings. The predicted molar refractivity (Wildman–Crippen MR) is 91.4 cm³/mol. The Bertz CT molecular complexity index is 1060. The van der Waals surface area contributed by atoms with Crippen LogP contribution >= 0.6 is 0 Å². The third-order valence-corrected chi connectivity index (χ3v) is 5.58. The minimum absolute atomic E-state index is 0.0164. The molecule has 2 aromatic carbocycles. The first-order valence-corrected chi connectivity index (χ1v) is 8.70. The van der Waals surface area contributed by atoms with Gasteiger partial charge in [-0.25, -0.2) is 0 Å². The molecule has 7 heteroatoms. The molecule has 2 heterocycles. The topological polar surface area (TPSA) is 113 Å². The molecule has 0 radical (unpaired) electrons. The van der Waals surface area contributed by atoms with Crippen molar-refractivity contribution in [2.75, 3.05) is 0 Å². The van der Waals surface area contributed by atoms with E-state index in [2.05, 4.69) is 0 Å². The average molecular weight is 368 g/mol.